The van der Waals surface area contributed by atoms with E-state index in [4.69, 9.17) is 23.8 Å². The van der Waals surface area contributed by atoms with Crippen molar-refractivity contribution < 1.29 is 9.59 Å². The Hall–Kier alpha value is -2.34. The molecule has 0 fully saturated rings. The van der Waals surface area contributed by atoms with Crippen LogP contribution in [0.4, 0.5) is 5.69 Å². The molecule has 0 saturated carbocycles. The number of carbonyl (C=O) groups is 2. The normalized spacial score (nSPS) is 10.8. The summed E-state index contributed by atoms with van der Waals surface area (Å²) >= 11 is 18.3. The van der Waals surface area contributed by atoms with Crippen LogP contribution in [0.2, 0.25) is 5.02 Å². The number of carbonyl (C=O) groups excluding carboxylic acids is 2. The number of benzene rings is 1. The fraction of sp³-hybridized carbons (Fsp3) is 0.190. The van der Waals surface area contributed by atoms with Crippen LogP contribution in [0.3, 0.4) is 0 Å². The number of rotatable bonds is 5. The van der Waals surface area contributed by atoms with Crippen LogP contribution >= 0.6 is 55.7 Å². The Bertz CT molecular complexity index is 1250. The molecule has 12 heteroatoms. The Labute approximate surface area is 217 Å². The standard InChI is InChI=1S/C21H19Br2ClN6O2S/c1-10(2)26-19(31)13-8-12(22)7-11(3)17(13)27-21(33)28-20(32)15-9-16(23)29-30(15)18-14(24)5-4-6-25-18/h4-10H,1-3H3,(H,26,31)(H2,27,28,32,33). The van der Waals surface area contributed by atoms with E-state index < -0.39 is 5.91 Å². The van der Waals surface area contributed by atoms with Crippen molar-refractivity contribution in [3.63, 3.8) is 0 Å². The number of thiocarbonyl (C=S) groups is 1. The summed E-state index contributed by atoms with van der Waals surface area (Å²) in [6.07, 6.45) is 1.55. The Morgan fingerprint density at radius 3 is 2.58 bits per heavy atom. The van der Waals surface area contributed by atoms with Crippen molar-refractivity contribution in [2.24, 2.45) is 0 Å². The molecular formula is C21H19Br2ClN6O2S. The van der Waals surface area contributed by atoms with Crippen LogP contribution in [0.5, 0.6) is 0 Å². The van der Waals surface area contributed by atoms with E-state index in [1.165, 1.54) is 10.7 Å². The molecule has 0 aliphatic heterocycles. The summed E-state index contributed by atoms with van der Waals surface area (Å²) in [6, 6.07) is 8.33. The highest BCUT2D eigenvalue weighted by Gasteiger charge is 2.21. The van der Waals surface area contributed by atoms with Crippen LogP contribution in [0, 0.1) is 6.92 Å². The van der Waals surface area contributed by atoms with Gasteiger partial charge in [-0.2, -0.15) is 5.10 Å². The topological polar surface area (TPSA) is 101 Å². The minimum Gasteiger partial charge on any atom is -0.350 e. The highest BCUT2D eigenvalue weighted by Crippen LogP contribution is 2.26. The van der Waals surface area contributed by atoms with Crippen molar-refractivity contribution in [1.29, 1.82) is 0 Å². The van der Waals surface area contributed by atoms with Crippen molar-refractivity contribution in [3.8, 4) is 5.82 Å². The molecule has 1 aromatic carbocycles. The maximum Gasteiger partial charge on any atom is 0.276 e. The van der Waals surface area contributed by atoms with E-state index in [0.717, 1.165) is 10.0 Å². The molecule has 172 valence electrons. The highest BCUT2D eigenvalue weighted by atomic mass is 79.9. The van der Waals surface area contributed by atoms with Crippen molar-refractivity contribution in [3.05, 3.63) is 67.4 Å². The van der Waals surface area contributed by atoms with Crippen LogP contribution in [-0.4, -0.2) is 37.7 Å². The molecule has 3 aromatic rings. The number of hydrogen-bond donors (Lipinski definition) is 3. The van der Waals surface area contributed by atoms with E-state index in [2.05, 4.69) is 57.9 Å². The predicted molar refractivity (Wildman–Crippen MR) is 139 cm³/mol. The smallest absolute Gasteiger partial charge is 0.276 e. The molecule has 0 aliphatic carbocycles. The van der Waals surface area contributed by atoms with E-state index in [0.29, 0.717) is 26.7 Å². The van der Waals surface area contributed by atoms with Gasteiger partial charge in [0.2, 0.25) is 0 Å². The number of nitrogens with one attached hydrogen (secondary N) is 3. The van der Waals surface area contributed by atoms with Gasteiger partial charge in [-0.25, -0.2) is 9.67 Å². The largest absolute Gasteiger partial charge is 0.350 e. The average Bonchev–Trinajstić information content (AvgIpc) is 3.11. The zero-order valence-corrected chi connectivity index (χ0v) is 22.5. The summed E-state index contributed by atoms with van der Waals surface area (Å²) in [5, 5.41) is 13.0. The first kappa shape index (κ1) is 25.3. The Kier molecular flexibility index (Phi) is 8.22. The fourth-order valence-electron chi connectivity index (χ4n) is 2.95. The van der Waals surface area contributed by atoms with E-state index in [9.17, 15) is 9.59 Å². The molecule has 2 amide bonds. The fourth-order valence-corrected chi connectivity index (χ4v) is 4.29. The van der Waals surface area contributed by atoms with Gasteiger partial charge in [-0.05, 0) is 78.7 Å². The minimum absolute atomic E-state index is 0.0139. The van der Waals surface area contributed by atoms with Gasteiger partial charge < -0.3 is 10.6 Å². The molecule has 0 aliphatic rings. The second kappa shape index (κ2) is 10.7. The lowest BCUT2D eigenvalue weighted by molar-refractivity contribution is 0.0942. The zero-order valence-electron chi connectivity index (χ0n) is 17.7. The van der Waals surface area contributed by atoms with Gasteiger partial charge in [0.05, 0.1) is 16.3 Å². The maximum atomic E-state index is 13.0. The number of hydrogen-bond acceptors (Lipinski definition) is 5. The first-order valence-electron chi connectivity index (χ1n) is 9.66. The monoisotopic (exact) mass is 612 g/mol. The van der Waals surface area contributed by atoms with Crippen molar-refractivity contribution in [2.45, 2.75) is 26.8 Å². The second-order valence-electron chi connectivity index (χ2n) is 7.25. The quantitative estimate of drug-likeness (QED) is 0.349. The average molecular weight is 615 g/mol. The number of amides is 2. The lowest BCUT2D eigenvalue weighted by atomic mass is 10.1. The first-order chi connectivity index (χ1) is 15.6. The van der Waals surface area contributed by atoms with Crippen LogP contribution in [0.15, 0.2) is 45.6 Å². The summed E-state index contributed by atoms with van der Waals surface area (Å²) in [4.78, 5) is 29.9. The third-order valence-electron chi connectivity index (χ3n) is 4.28. The van der Waals surface area contributed by atoms with Gasteiger partial charge in [-0.15, -0.1) is 0 Å². The lowest BCUT2D eigenvalue weighted by Gasteiger charge is -2.17. The molecule has 0 unspecified atom stereocenters. The number of aromatic nitrogens is 3. The number of anilines is 1. The van der Waals surface area contributed by atoms with E-state index in [-0.39, 0.29) is 22.8 Å². The second-order valence-corrected chi connectivity index (χ2v) is 9.80. The number of nitrogens with zero attached hydrogens (tertiary/aromatic N) is 3. The molecule has 0 saturated heterocycles. The zero-order chi connectivity index (χ0) is 24.3. The summed E-state index contributed by atoms with van der Waals surface area (Å²) in [6.45, 7) is 5.57. The van der Waals surface area contributed by atoms with Crippen molar-refractivity contribution in [1.82, 2.24) is 25.4 Å². The predicted octanol–water partition coefficient (Wildman–Crippen LogP) is 5.02. The molecular weight excluding hydrogens is 596 g/mol. The molecule has 0 bridgehead atoms. The maximum absolute atomic E-state index is 13.0. The number of aryl methyl sites for hydroxylation is 1. The van der Waals surface area contributed by atoms with E-state index in [1.54, 1.807) is 24.4 Å². The third-order valence-corrected chi connectivity index (χ3v) is 5.63. The van der Waals surface area contributed by atoms with Crippen molar-refractivity contribution in [2.75, 3.05) is 5.32 Å². The van der Waals surface area contributed by atoms with Crippen molar-refractivity contribution >= 4 is 78.3 Å². The molecule has 2 heterocycles. The third kappa shape index (κ3) is 6.17. The van der Waals surface area contributed by atoms with Gasteiger partial charge in [0.25, 0.3) is 11.8 Å². The minimum atomic E-state index is -0.532. The molecule has 0 atom stereocenters. The Morgan fingerprint density at radius 1 is 1.18 bits per heavy atom. The van der Waals surface area contributed by atoms with E-state index >= 15 is 0 Å². The molecule has 8 nitrogen and oxygen atoms in total. The molecule has 0 radical (unpaired) electrons. The summed E-state index contributed by atoms with van der Waals surface area (Å²) in [5.74, 6) is -0.501. The highest BCUT2D eigenvalue weighted by molar-refractivity contribution is 9.10. The molecule has 33 heavy (non-hydrogen) atoms. The SMILES string of the molecule is Cc1cc(Br)cc(C(=O)NC(C)C)c1NC(=S)NC(=O)c1cc(Br)nn1-c1ncccc1Cl. The van der Waals surface area contributed by atoms with Gasteiger partial charge in [0.15, 0.2) is 10.9 Å². The van der Waals surface area contributed by atoms with Gasteiger partial charge >= 0.3 is 0 Å². The van der Waals surface area contributed by atoms with Crippen LogP contribution in [0.1, 0.15) is 40.3 Å². The van der Waals surface area contributed by atoms with Gasteiger partial charge in [0, 0.05) is 22.8 Å². The van der Waals surface area contributed by atoms with Crippen LogP contribution < -0.4 is 16.0 Å². The lowest BCUT2D eigenvalue weighted by Crippen LogP contribution is -2.37. The molecule has 2 aromatic heterocycles. The number of pyridine rings is 1. The summed E-state index contributed by atoms with van der Waals surface area (Å²) in [5.41, 5.74) is 1.81. The Balaban J connectivity index is 1.85. The summed E-state index contributed by atoms with van der Waals surface area (Å²) < 4.78 is 2.48. The number of halogens is 3. The molecule has 3 N–H and O–H groups in total. The molecule has 3 rings (SSSR count). The van der Waals surface area contributed by atoms with Gasteiger partial charge in [-0.3, -0.25) is 14.9 Å². The summed E-state index contributed by atoms with van der Waals surface area (Å²) in [7, 11) is 0. The van der Waals surface area contributed by atoms with Crippen LogP contribution in [0.25, 0.3) is 5.82 Å². The van der Waals surface area contributed by atoms with Gasteiger partial charge in [-0.1, -0.05) is 27.5 Å². The first-order valence-corrected chi connectivity index (χ1v) is 12.0. The van der Waals surface area contributed by atoms with Gasteiger partial charge in [0.1, 0.15) is 10.3 Å². The Morgan fingerprint density at radius 2 is 1.91 bits per heavy atom. The molecule has 0 spiro atoms. The van der Waals surface area contributed by atoms with Crippen LogP contribution in [-0.2, 0) is 0 Å². The van der Waals surface area contributed by atoms with E-state index in [1.807, 2.05) is 26.8 Å².